The first-order chi connectivity index (χ1) is 10.9. The molecular weight excluding hydrogens is 429 g/mol. The summed E-state index contributed by atoms with van der Waals surface area (Å²) in [5.74, 6) is -0.188. The minimum absolute atomic E-state index is 0.188. The molecule has 118 valence electrons. The van der Waals surface area contributed by atoms with Crippen LogP contribution in [0, 0.1) is 3.57 Å². The Morgan fingerprint density at radius 3 is 2.70 bits per heavy atom. The van der Waals surface area contributed by atoms with Gasteiger partial charge in [-0.25, -0.2) is 4.79 Å². The van der Waals surface area contributed by atoms with Crippen LogP contribution in [0.2, 0.25) is 5.02 Å². The third-order valence-corrected chi connectivity index (χ3v) is 4.74. The molecular formula is C16H13ClIN3O2. The number of H-pyrrole nitrogens is 2. The van der Waals surface area contributed by atoms with Crippen LogP contribution < -0.4 is 11.0 Å². The van der Waals surface area contributed by atoms with Crippen LogP contribution in [0.25, 0.3) is 11.0 Å². The molecule has 1 atom stereocenters. The zero-order valence-corrected chi connectivity index (χ0v) is 15.0. The molecule has 3 aromatic rings. The number of halogens is 2. The molecule has 0 bridgehead atoms. The molecule has 1 aromatic heterocycles. The molecule has 5 nitrogen and oxygen atoms in total. The molecule has 0 aliphatic heterocycles. The van der Waals surface area contributed by atoms with E-state index in [4.69, 9.17) is 11.6 Å². The Balaban J connectivity index is 1.84. The fraction of sp³-hybridized carbons (Fsp3) is 0.125. The summed E-state index contributed by atoms with van der Waals surface area (Å²) < 4.78 is 0.835. The summed E-state index contributed by atoms with van der Waals surface area (Å²) in [5, 5.41) is 3.47. The van der Waals surface area contributed by atoms with E-state index in [1.54, 1.807) is 18.2 Å². The number of carbonyl (C=O) groups excluding carboxylic acids is 1. The summed E-state index contributed by atoms with van der Waals surface area (Å²) >= 11 is 8.07. The van der Waals surface area contributed by atoms with Crippen LogP contribution in [0.5, 0.6) is 0 Å². The lowest BCUT2D eigenvalue weighted by molar-refractivity contribution is 0.0939. The van der Waals surface area contributed by atoms with Crippen LogP contribution in [-0.4, -0.2) is 15.9 Å². The van der Waals surface area contributed by atoms with E-state index in [1.807, 2.05) is 25.1 Å². The maximum absolute atomic E-state index is 12.4. The van der Waals surface area contributed by atoms with E-state index in [0.717, 1.165) is 14.7 Å². The minimum Gasteiger partial charge on any atom is -0.345 e. The van der Waals surface area contributed by atoms with Crippen molar-refractivity contribution in [1.82, 2.24) is 15.3 Å². The second-order valence-electron chi connectivity index (χ2n) is 5.20. The lowest BCUT2D eigenvalue weighted by Crippen LogP contribution is -2.27. The van der Waals surface area contributed by atoms with Gasteiger partial charge in [0.25, 0.3) is 5.91 Å². The van der Waals surface area contributed by atoms with Crippen LogP contribution in [0.3, 0.4) is 0 Å². The number of aromatic nitrogens is 2. The largest absolute Gasteiger partial charge is 0.345 e. The molecule has 23 heavy (non-hydrogen) atoms. The normalized spacial score (nSPS) is 12.3. The number of rotatable bonds is 3. The first-order valence-corrected chi connectivity index (χ1v) is 8.37. The fourth-order valence-corrected chi connectivity index (χ4v) is 3.10. The molecule has 0 aliphatic carbocycles. The highest BCUT2D eigenvalue weighted by Crippen LogP contribution is 2.21. The van der Waals surface area contributed by atoms with Crippen molar-refractivity contribution in [2.24, 2.45) is 0 Å². The third kappa shape index (κ3) is 3.42. The van der Waals surface area contributed by atoms with Gasteiger partial charge in [-0.1, -0.05) is 17.7 Å². The van der Waals surface area contributed by atoms with Gasteiger partial charge < -0.3 is 15.3 Å². The summed E-state index contributed by atoms with van der Waals surface area (Å²) in [6.07, 6.45) is 0. The smallest absolute Gasteiger partial charge is 0.323 e. The number of hydrogen-bond donors (Lipinski definition) is 3. The van der Waals surface area contributed by atoms with E-state index in [-0.39, 0.29) is 17.6 Å². The van der Waals surface area contributed by atoms with E-state index in [9.17, 15) is 9.59 Å². The van der Waals surface area contributed by atoms with Crippen LogP contribution >= 0.6 is 34.2 Å². The van der Waals surface area contributed by atoms with Crippen molar-refractivity contribution in [1.29, 1.82) is 0 Å². The number of aromatic amines is 2. The first-order valence-electron chi connectivity index (χ1n) is 6.92. The lowest BCUT2D eigenvalue weighted by Gasteiger charge is -2.15. The van der Waals surface area contributed by atoms with Crippen LogP contribution in [0.15, 0.2) is 41.2 Å². The van der Waals surface area contributed by atoms with Gasteiger partial charge in [0.2, 0.25) is 0 Å². The number of amides is 1. The Morgan fingerprint density at radius 1 is 1.17 bits per heavy atom. The molecule has 2 aromatic carbocycles. The topological polar surface area (TPSA) is 77.8 Å². The first kappa shape index (κ1) is 16.1. The average molecular weight is 442 g/mol. The zero-order chi connectivity index (χ0) is 16.6. The zero-order valence-electron chi connectivity index (χ0n) is 12.1. The molecule has 3 rings (SSSR count). The quantitative estimate of drug-likeness (QED) is 0.543. The predicted octanol–water partition coefficient (Wildman–Crippen LogP) is 3.61. The van der Waals surface area contributed by atoms with E-state index < -0.39 is 0 Å². The van der Waals surface area contributed by atoms with Crippen LogP contribution in [-0.2, 0) is 0 Å². The van der Waals surface area contributed by atoms with Gasteiger partial charge in [0.05, 0.1) is 22.6 Å². The molecule has 0 aliphatic rings. The van der Waals surface area contributed by atoms with E-state index in [2.05, 4.69) is 37.9 Å². The van der Waals surface area contributed by atoms with Gasteiger partial charge in [0, 0.05) is 8.59 Å². The van der Waals surface area contributed by atoms with Crippen molar-refractivity contribution in [2.45, 2.75) is 13.0 Å². The fourth-order valence-electron chi connectivity index (χ4n) is 2.35. The standard InChI is InChI=1S/C16H13ClIN3O2/c1-8(9-2-5-13-14(6-9)21-16(23)20-13)19-15(22)11-7-10(17)3-4-12(11)18/h2-8H,1H3,(H,19,22)(H2,20,21,23). The van der Waals surface area contributed by atoms with Gasteiger partial charge in [0.1, 0.15) is 0 Å². The Kier molecular flexibility index (Phi) is 4.45. The summed E-state index contributed by atoms with van der Waals surface area (Å²) in [6.45, 7) is 1.89. The summed E-state index contributed by atoms with van der Waals surface area (Å²) in [5.41, 5.74) is 2.65. The molecule has 7 heteroatoms. The highest BCUT2D eigenvalue weighted by Gasteiger charge is 2.15. The Bertz CT molecular complexity index is 948. The number of carbonyl (C=O) groups is 1. The van der Waals surface area contributed by atoms with Gasteiger partial charge in [-0.05, 0) is 65.4 Å². The third-order valence-electron chi connectivity index (χ3n) is 3.56. The predicted molar refractivity (Wildman–Crippen MR) is 99.0 cm³/mol. The molecule has 0 fully saturated rings. The number of hydrogen-bond acceptors (Lipinski definition) is 2. The SMILES string of the molecule is CC(NC(=O)c1cc(Cl)ccc1I)c1ccc2[nH]c(=O)[nH]c2c1. The van der Waals surface area contributed by atoms with Gasteiger partial charge >= 0.3 is 5.69 Å². The van der Waals surface area contributed by atoms with Gasteiger partial charge in [-0.3, -0.25) is 4.79 Å². The van der Waals surface area contributed by atoms with Gasteiger partial charge in [-0.15, -0.1) is 0 Å². The van der Waals surface area contributed by atoms with E-state index >= 15 is 0 Å². The second kappa shape index (κ2) is 6.37. The van der Waals surface area contributed by atoms with Crippen LogP contribution in [0.4, 0.5) is 0 Å². The molecule has 1 amide bonds. The number of benzene rings is 2. The number of nitrogens with one attached hydrogen (secondary N) is 3. The van der Waals surface area contributed by atoms with Crippen molar-refractivity contribution in [3.8, 4) is 0 Å². The molecule has 0 spiro atoms. The van der Waals surface area contributed by atoms with Gasteiger partial charge in [-0.2, -0.15) is 0 Å². The maximum atomic E-state index is 12.4. The summed E-state index contributed by atoms with van der Waals surface area (Å²) in [7, 11) is 0. The Morgan fingerprint density at radius 2 is 1.91 bits per heavy atom. The average Bonchev–Trinajstić information content (AvgIpc) is 2.88. The Labute approximate surface area is 150 Å². The van der Waals surface area contributed by atoms with Gasteiger partial charge in [0.15, 0.2) is 0 Å². The van der Waals surface area contributed by atoms with Crippen molar-refractivity contribution in [3.63, 3.8) is 0 Å². The monoisotopic (exact) mass is 441 g/mol. The molecule has 1 heterocycles. The minimum atomic E-state index is -0.248. The highest BCUT2D eigenvalue weighted by atomic mass is 127. The van der Waals surface area contributed by atoms with Crippen molar-refractivity contribution in [2.75, 3.05) is 0 Å². The van der Waals surface area contributed by atoms with E-state index in [0.29, 0.717) is 16.1 Å². The summed E-state index contributed by atoms with van der Waals surface area (Å²) in [6, 6.07) is 10.5. The van der Waals surface area contributed by atoms with Crippen molar-refractivity contribution < 1.29 is 4.79 Å². The highest BCUT2D eigenvalue weighted by molar-refractivity contribution is 14.1. The number of fused-ring (bicyclic) bond motifs is 1. The second-order valence-corrected chi connectivity index (χ2v) is 6.80. The molecule has 0 saturated heterocycles. The number of imidazole rings is 1. The van der Waals surface area contributed by atoms with Crippen molar-refractivity contribution in [3.05, 3.63) is 66.6 Å². The maximum Gasteiger partial charge on any atom is 0.323 e. The van der Waals surface area contributed by atoms with E-state index in [1.165, 1.54) is 0 Å². The summed E-state index contributed by atoms with van der Waals surface area (Å²) in [4.78, 5) is 29.1. The molecule has 3 N–H and O–H groups in total. The van der Waals surface area contributed by atoms with Crippen LogP contribution in [0.1, 0.15) is 28.9 Å². The molecule has 1 unspecified atom stereocenters. The molecule has 0 radical (unpaired) electrons. The Hall–Kier alpha value is -1.80. The molecule has 0 saturated carbocycles. The lowest BCUT2D eigenvalue weighted by atomic mass is 10.1. The van der Waals surface area contributed by atoms with Crippen molar-refractivity contribution >= 4 is 51.1 Å².